The zero-order chi connectivity index (χ0) is 7.52. The molecule has 1 atom stereocenters. The van der Waals surface area contributed by atoms with Gasteiger partial charge in [-0.1, -0.05) is 6.07 Å². The normalized spacial score (nSPS) is 20.2. The third-order valence-electron chi connectivity index (χ3n) is 1.82. The topological polar surface area (TPSA) is 16.2 Å². The van der Waals surface area contributed by atoms with Gasteiger partial charge in [-0.3, -0.25) is 4.99 Å². The molecule has 0 saturated carbocycles. The summed E-state index contributed by atoms with van der Waals surface area (Å²) in [7, 11) is 0. The second-order valence-corrected chi connectivity index (χ2v) is 2.77. The van der Waals surface area contributed by atoms with Crippen molar-refractivity contribution in [1.82, 2.24) is 0 Å². The van der Waals surface area contributed by atoms with Gasteiger partial charge in [0, 0.05) is 24.8 Å². The van der Waals surface area contributed by atoms with Crippen LogP contribution < -0.4 is 4.57 Å². The van der Waals surface area contributed by atoms with Gasteiger partial charge in [0.25, 0.3) is 0 Å². The van der Waals surface area contributed by atoms with Crippen molar-refractivity contribution in [2.45, 2.75) is 19.0 Å². The molecule has 0 N–H and O–H groups in total. The summed E-state index contributed by atoms with van der Waals surface area (Å²) in [5, 5.41) is 0. The number of nitrogens with zero attached hydrogens (tertiary/aromatic N) is 2. The van der Waals surface area contributed by atoms with E-state index >= 15 is 0 Å². The molecule has 0 fully saturated rings. The Balaban J connectivity index is 1.85. The minimum Gasteiger partial charge on any atom is -0.286 e. The van der Waals surface area contributed by atoms with E-state index < -0.39 is 0 Å². The maximum absolute atomic E-state index is 4.08. The molecular formula is C9H11N2+. The third kappa shape index (κ3) is 1.87. The Hall–Kier alpha value is -1.18. The van der Waals surface area contributed by atoms with Crippen molar-refractivity contribution in [1.29, 1.82) is 0 Å². The second-order valence-electron chi connectivity index (χ2n) is 2.77. The van der Waals surface area contributed by atoms with Gasteiger partial charge in [-0.15, -0.1) is 0 Å². The predicted octanol–water partition coefficient (Wildman–Crippen LogP) is 0.817. The molecule has 0 saturated heterocycles. The standard InChI is InChI=1S/C9H11N2/c1-2-5-11(6-3-1)7-4-9-8-10-9/h1-3,5-6,8-9H,4,7H2/q+1. The summed E-state index contributed by atoms with van der Waals surface area (Å²) in [5.41, 5.74) is 0. The van der Waals surface area contributed by atoms with Crippen LogP contribution in [0.15, 0.2) is 35.6 Å². The molecule has 2 rings (SSSR count). The average Bonchev–Trinajstić information content (AvgIpc) is 2.86. The van der Waals surface area contributed by atoms with Crippen molar-refractivity contribution >= 4 is 6.21 Å². The SMILES string of the molecule is C1=NC1CC[n+]1ccccc1. The number of aromatic nitrogens is 1. The number of aryl methyl sites for hydroxylation is 1. The minimum absolute atomic E-state index is 0.544. The van der Waals surface area contributed by atoms with Crippen LogP contribution in [-0.2, 0) is 6.54 Å². The Morgan fingerprint density at radius 2 is 1.91 bits per heavy atom. The van der Waals surface area contributed by atoms with Gasteiger partial charge in [0.2, 0.25) is 0 Å². The number of hydrogen-bond donors (Lipinski definition) is 0. The van der Waals surface area contributed by atoms with E-state index in [0.29, 0.717) is 6.04 Å². The largest absolute Gasteiger partial charge is 0.286 e. The quantitative estimate of drug-likeness (QED) is 0.563. The molecule has 56 valence electrons. The summed E-state index contributed by atoms with van der Waals surface area (Å²) in [6.07, 6.45) is 7.32. The monoisotopic (exact) mass is 147 g/mol. The Labute approximate surface area is 66.2 Å². The van der Waals surface area contributed by atoms with Crippen LogP contribution in [0.5, 0.6) is 0 Å². The summed E-state index contributed by atoms with van der Waals surface area (Å²) in [5.74, 6) is 0. The van der Waals surface area contributed by atoms with E-state index in [4.69, 9.17) is 0 Å². The zero-order valence-electron chi connectivity index (χ0n) is 6.35. The summed E-state index contributed by atoms with van der Waals surface area (Å²) in [4.78, 5) is 4.08. The molecule has 2 heteroatoms. The van der Waals surface area contributed by atoms with Crippen LogP contribution in [0.25, 0.3) is 0 Å². The van der Waals surface area contributed by atoms with Crippen molar-refractivity contribution < 1.29 is 4.57 Å². The summed E-state index contributed by atoms with van der Waals surface area (Å²) >= 11 is 0. The lowest BCUT2D eigenvalue weighted by atomic mass is 10.3. The molecular weight excluding hydrogens is 136 g/mol. The first-order valence-corrected chi connectivity index (χ1v) is 3.92. The fraction of sp³-hybridized carbons (Fsp3) is 0.333. The Morgan fingerprint density at radius 3 is 2.55 bits per heavy atom. The maximum atomic E-state index is 4.08. The van der Waals surface area contributed by atoms with Crippen molar-refractivity contribution in [2.24, 2.45) is 4.99 Å². The van der Waals surface area contributed by atoms with Crippen molar-refractivity contribution in [2.75, 3.05) is 0 Å². The van der Waals surface area contributed by atoms with Gasteiger partial charge >= 0.3 is 0 Å². The van der Waals surface area contributed by atoms with Gasteiger partial charge in [-0.05, 0) is 0 Å². The van der Waals surface area contributed by atoms with E-state index in [0.717, 1.165) is 13.0 Å². The van der Waals surface area contributed by atoms with Gasteiger partial charge < -0.3 is 0 Å². The highest BCUT2D eigenvalue weighted by Crippen LogP contribution is 2.05. The fourth-order valence-corrected chi connectivity index (χ4v) is 1.07. The van der Waals surface area contributed by atoms with Gasteiger partial charge in [0.15, 0.2) is 18.9 Å². The van der Waals surface area contributed by atoms with Gasteiger partial charge in [0.05, 0.1) is 6.04 Å². The predicted molar refractivity (Wildman–Crippen MR) is 43.5 cm³/mol. The Bertz CT molecular complexity index is 248. The number of rotatable bonds is 3. The molecule has 1 aromatic heterocycles. The number of aliphatic imine (C=N–C) groups is 1. The first kappa shape index (κ1) is 6.53. The second kappa shape index (κ2) is 2.82. The van der Waals surface area contributed by atoms with Gasteiger partial charge in [0.1, 0.15) is 0 Å². The first-order valence-electron chi connectivity index (χ1n) is 3.92. The molecule has 0 aliphatic carbocycles. The molecule has 11 heavy (non-hydrogen) atoms. The molecule has 0 bridgehead atoms. The Morgan fingerprint density at radius 1 is 1.18 bits per heavy atom. The Kier molecular flexibility index (Phi) is 1.68. The van der Waals surface area contributed by atoms with Crippen molar-refractivity contribution in [3.8, 4) is 0 Å². The van der Waals surface area contributed by atoms with Crippen LogP contribution in [0.1, 0.15) is 6.42 Å². The molecule has 2 nitrogen and oxygen atoms in total. The molecule has 0 spiro atoms. The van der Waals surface area contributed by atoms with E-state index in [1.54, 1.807) is 0 Å². The van der Waals surface area contributed by atoms with E-state index in [2.05, 4.69) is 22.0 Å². The number of pyridine rings is 1. The highest BCUT2D eigenvalue weighted by Gasteiger charge is 2.14. The lowest BCUT2D eigenvalue weighted by Gasteiger charge is -1.92. The highest BCUT2D eigenvalue weighted by atomic mass is 15.0. The average molecular weight is 147 g/mol. The third-order valence-corrected chi connectivity index (χ3v) is 1.82. The lowest BCUT2D eigenvalue weighted by Crippen LogP contribution is -2.32. The smallest absolute Gasteiger partial charge is 0.168 e. The van der Waals surface area contributed by atoms with Gasteiger partial charge in [-0.25, -0.2) is 4.57 Å². The summed E-state index contributed by atoms with van der Waals surface area (Å²) < 4.78 is 2.18. The molecule has 0 amide bonds. The van der Waals surface area contributed by atoms with Crippen molar-refractivity contribution in [3.05, 3.63) is 30.6 Å². The minimum atomic E-state index is 0.544. The molecule has 2 heterocycles. The van der Waals surface area contributed by atoms with Crippen LogP contribution in [0.3, 0.4) is 0 Å². The van der Waals surface area contributed by atoms with Crippen LogP contribution in [0.2, 0.25) is 0 Å². The lowest BCUT2D eigenvalue weighted by molar-refractivity contribution is -0.697. The van der Waals surface area contributed by atoms with E-state index in [9.17, 15) is 0 Å². The molecule has 1 aliphatic heterocycles. The van der Waals surface area contributed by atoms with Crippen LogP contribution in [0.4, 0.5) is 0 Å². The maximum Gasteiger partial charge on any atom is 0.168 e. The molecule has 1 aliphatic rings. The molecule has 1 aromatic rings. The summed E-state index contributed by atoms with van der Waals surface area (Å²) in [6.45, 7) is 1.07. The zero-order valence-corrected chi connectivity index (χ0v) is 6.35. The van der Waals surface area contributed by atoms with E-state index in [1.807, 2.05) is 24.4 Å². The van der Waals surface area contributed by atoms with E-state index in [1.165, 1.54) is 0 Å². The summed E-state index contributed by atoms with van der Waals surface area (Å²) in [6, 6.07) is 6.67. The van der Waals surface area contributed by atoms with E-state index in [-0.39, 0.29) is 0 Å². The molecule has 0 aromatic carbocycles. The number of hydrogen-bond acceptors (Lipinski definition) is 1. The van der Waals surface area contributed by atoms with Crippen LogP contribution >= 0.6 is 0 Å². The van der Waals surface area contributed by atoms with Crippen LogP contribution in [-0.4, -0.2) is 12.3 Å². The molecule has 0 radical (unpaired) electrons. The van der Waals surface area contributed by atoms with Crippen LogP contribution in [0, 0.1) is 0 Å². The fourth-order valence-electron chi connectivity index (χ4n) is 1.07. The van der Waals surface area contributed by atoms with Crippen molar-refractivity contribution in [3.63, 3.8) is 0 Å². The molecule has 1 unspecified atom stereocenters. The highest BCUT2D eigenvalue weighted by molar-refractivity contribution is 5.77. The first-order chi connectivity index (χ1) is 5.45. The van der Waals surface area contributed by atoms with Gasteiger partial charge in [-0.2, -0.15) is 0 Å².